The standard InChI is InChI=1S/C23H31NO5/c25-10-11-28-17-6-7-23(27)18-12-15-4-5-16(26)20-19(15)22(23,21(17)29-20)8-9-24(18)13-14-2-1-3-14/h4-5,14,17-18,21,25-27H,1-3,6-13H2/t17-,18+,21?,22-,23+/m0/s1. The third kappa shape index (κ3) is 2.26. The van der Waals surface area contributed by atoms with Gasteiger partial charge in [-0.1, -0.05) is 12.5 Å². The molecular weight excluding hydrogens is 370 g/mol. The molecule has 3 aliphatic carbocycles. The van der Waals surface area contributed by atoms with Crippen LogP contribution >= 0.6 is 0 Å². The summed E-state index contributed by atoms with van der Waals surface area (Å²) in [6, 6.07) is 3.85. The molecule has 1 unspecified atom stereocenters. The molecule has 1 spiro atoms. The predicted molar refractivity (Wildman–Crippen MR) is 106 cm³/mol. The number of hydrogen-bond acceptors (Lipinski definition) is 6. The lowest BCUT2D eigenvalue weighted by Crippen LogP contribution is -2.77. The van der Waals surface area contributed by atoms with Crippen LogP contribution in [0.25, 0.3) is 0 Å². The maximum absolute atomic E-state index is 12.3. The van der Waals surface area contributed by atoms with Crippen LogP contribution in [0.1, 0.15) is 49.7 Å². The molecule has 1 aromatic carbocycles. The van der Waals surface area contributed by atoms with E-state index in [-0.39, 0.29) is 37.2 Å². The Kier molecular flexibility index (Phi) is 4.02. The molecule has 2 heterocycles. The summed E-state index contributed by atoms with van der Waals surface area (Å²) in [6.45, 7) is 2.27. The first-order valence-electron chi connectivity index (χ1n) is 11.3. The van der Waals surface area contributed by atoms with Gasteiger partial charge in [0.15, 0.2) is 11.5 Å². The number of rotatable bonds is 5. The highest BCUT2D eigenvalue weighted by atomic mass is 16.6. The highest BCUT2D eigenvalue weighted by Gasteiger charge is 2.73. The van der Waals surface area contributed by atoms with Crippen molar-refractivity contribution in [3.8, 4) is 11.5 Å². The first-order valence-corrected chi connectivity index (χ1v) is 11.3. The lowest BCUT2D eigenvalue weighted by molar-refractivity contribution is -0.217. The van der Waals surface area contributed by atoms with Crippen LogP contribution in [0.15, 0.2) is 12.1 Å². The minimum absolute atomic E-state index is 0.0261. The van der Waals surface area contributed by atoms with Gasteiger partial charge in [0.2, 0.25) is 0 Å². The molecule has 6 nitrogen and oxygen atoms in total. The monoisotopic (exact) mass is 401 g/mol. The molecule has 0 aromatic heterocycles. The number of phenols is 1. The van der Waals surface area contributed by atoms with Crippen molar-refractivity contribution >= 4 is 0 Å². The average molecular weight is 402 g/mol. The van der Waals surface area contributed by atoms with Gasteiger partial charge < -0.3 is 24.8 Å². The van der Waals surface area contributed by atoms with Crippen molar-refractivity contribution in [2.75, 3.05) is 26.3 Å². The third-order valence-corrected chi connectivity index (χ3v) is 8.66. The van der Waals surface area contributed by atoms with Gasteiger partial charge in [0, 0.05) is 18.2 Å². The molecule has 6 heteroatoms. The zero-order valence-electron chi connectivity index (χ0n) is 16.8. The molecule has 0 radical (unpaired) electrons. The van der Waals surface area contributed by atoms with Gasteiger partial charge in [0.25, 0.3) is 0 Å². The molecule has 3 fully saturated rings. The van der Waals surface area contributed by atoms with Gasteiger partial charge in [0.1, 0.15) is 6.10 Å². The first-order chi connectivity index (χ1) is 14.1. The molecule has 6 rings (SSSR count). The second kappa shape index (κ2) is 6.33. The average Bonchev–Trinajstić information content (AvgIpc) is 3.03. The number of piperidine rings is 1. The molecule has 1 aromatic rings. The molecule has 2 bridgehead atoms. The topological polar surface area (TPSA) is 82.4 Å². The van der Waals surface area contributed by atoms with E-state index in [2.05, 4.69) is 4.90 Å². The van der Waals surface area contributed by atoms with Crippen LogP contribution in [0.2, 0.25) is 0 Å². The molecule has 0 amide bonds. The van der Waals surface area contributed by atoms with E-state index in [1.807, 2.05) is 6.07 Å². The summed E-state index contributed by atoms with van der Waals surface area (Å²) in [6.07, 6.45) is 6.47. The molecule has 5 atom stereocenters. The van der Waals surface area contributed by atoms with Crippen molar-refractivity contribution in [3.05, 3.63) is 23.3 Å². The smallest absolute Gasteiger partial charge is 0.165 e. The number of ether oxygens (including phenoxy) is 2. The normalized spacial score (nSPS) is 40.3. The van der Waals surface area contributed by atoms with Crippen molar-refractivity contribution in [1.82, 2.24) is 4.90 Å². The Bertz CT molecular complexity index is 826. The van der Waals surface area contributed by atoms with E-state index in [9.17, 15) is 15.3 Å². The van der Waals surface area contributed by atoms with E-state index in [4.69, 9.17) is 9.47 Å². The molecule has 1 saturated heterocycles. The predicted octanol–water partition coefficient (Wildman–Crippen LogP) is 1.72. The van der Waals surface area contributed by atoms with Crippen LogP contribution < -0.4 is 4.74 Å². The Morgan fingerprint density at radius 1 is 1.21 bits per heavy atom. The van der Waals surface area contributed by atoms with E-state index < -0.39 is 11.0 Å². The Morgan fingerprint density at radius 2 is 2.07 bits per heavy atom. The Labute approximate surface area is 171 Å². The molecule has 2 saturated carbocycles. The fourth-order valence-corrected chi connectivity index (χ4v) is 7.19. The first kappa shape index (κ1) is 18.4. The van der Waals surface area contributed by atoms with Crippen molar-refractivity contribution in [2.45, 2.75) is 74.2 Å². The minimum Gasteiger partial charge on any atom is -0.504 e. The number of aromatic hydroxyl groups is 1. The lowest BCUT2D eigenvalue weighted by atomic mass is 9.48. The van der Waals surface area contributed by atoms with Gasteiger partial charge >= 0.3 is 0 Å². The van der Waals surface area contributed by atoms with Crippen LogP contribution in [0.4, 0.5) is 0 Å². The van der Waals surface area contributed by atoms with E-state index >= 15 is 0 Å². The van der Waals surface area contributed by atoms with Gasteiger partial charge in [-0.3, -0.25) is 4.90 Å². The summed E-state index contributed by atoms with van der Waals surface area (Å²) in [7, 11) is 0. The molecule has 29 heavy (non-hydrogen) atoms. The number of aliphatic hydroxyl groups is 2. The highest BCUT2D eigenvalue weighted by molar-refractivity contribution is 5.62. The van der Waals surface area contributed by atoms with Gasteiger partial charge in [-0.05, 0) is 62.6 Å². The Hall–Kier alpha value is -1.34. The maximum Gasteiger partial charge on any atom is 0.165 e. The molecular formula is C23H31NO5. The summed E-state index contributed by atoms with van der Waals surface area (Å²) in [5, 5.41) is 32.2. The van der Waals surface area contributed by atoms with E-state index in [0.29, 0.717) is 18.6 Å². The Balaban J connectivity index is 1.46. The second-order valence-corrected chi connectivity index (χ2v) is 9.82. The quantitative estimate of drug-likeness (QED) is 0.697. The summed E-state index contributed by atoms with van der Waals surface area (Å²) in [4.78, 5) is 2.55. The van der Waals surface area contributed by atoms with Crippen LogP contribution in [0.3, 0.4) is 0 Å². The maximum atomic E-state index is 12.3. The van der Waals surface area contributed by atoms with E-state index in [1.54, 1.807) is 6.07 Å². The fourth-order valence-electron chi connectivity index (χ4n) is 7.19. The molecule has 158 valence electrons. The zero-order chi connectivity index (χ0) is 19.8. The molecule has 2 aliphatic heterocycles. The largest absolute Gasteiger partial charge is 0.504 e. The van der Waals surface area contributed by atoms with Crippen LogP contribution in [0.5, 0.6) is 11.5 Å². The van der Waals surface area contributed by atoms with Gasteiger partial charge in [0.05, 0.1) is 30.3 Å². The summed E-state index contributed by atoms with van der Waals surface area (Å²) >= 11 is 0. The third-order valence-electron chi connectivity index (χ3n) is 8.66. The van der Waals surface area contributed by atoms with Crippen molar-refractivity contribution in [2.24, 2.45) is 5.92 Å². The SMILES string of the molecule is OCCO[C@H]1CC[C@@]2(O)[C@H]3Cc4ccc(O)c5c4[C@@]2(CCN3CC2CCC2)C1O5. The fraction of sp³-hybridized carbons (Fsp3) is 0.739. The van der Waals surface area contributed by atoms with Crippen LogP contribution in [-0.2, 0) is 16.6 Å². The van der Waals surface area contributed by atoms with Crippen molar-refractivity contribution in [3.63, 3.8) is 0 Å². The van der Waals surface area contributed by atoms with Gasteiger partial charge in [-0.15, -0.1) is 0 Å². The Morgan fingerprint density at radius 3 is 2.83 bits per heavy atom. The lowest BCUT2D eigenvalue weighted by Gasteiger charge is -2.64. The number of nitrogens with zero attached hydrogens (tertiary/aromatic N) is 1. The van der Waals surface area contributed by atoms with Gasteiger partial charge in [-0.2, -0.15) is 0 Å². The molecule has 3 N–H and O–H groups in total. The second-order valence-electron chi connectivity index (χ2n) is 9.82. The number of benzene rings is 1. The van der Waals surface area contributed by atoms with E-state index in [1.165, 1.54) is 24.8 Å². The van der Waals surface area contributed by atoms with Crippen molar-refractivity contribution < 1.29 is 24.8 Å². The van der Waals surface area contributed by atoms with Gasteiger partial charge in [-0.25, -0.2) is 0 Å². The number of likely N-dealkylation sites (tertiary alicyclic amines) is 1. The summed E-state index contributed by atoms with van der Waals surface area (Å²) in [5.41, 5.74) is 0.830. The van der Waals surface area contributed by atoms with Crippen molar-refractivity contribution in [1.29, 1.82) is 0 Å². The number of hydrogen-bond donors (Lipinski definition) is 3. The number of phenolic OH excluding ortho intramolecular Hbond substituents is 1. The summed E-state index contributed by atoms with van der Waals surface area (Å²) in [5.74, 6) is 1.48. The highest BCUT2D eigenvalue weighted by Crippen LogP contribution is 2.65. The zero-order valence-corrected chi connectivity index (χ0v) is 16.8. The van der Waals surface area contributed by atoms with Crippen LogP contribution in [-0.4, -0.2) is 70.4 Å². The minimum atomic E-state index is -0.870. The number of aliphatic hydroxyl groups excluding tert-OH is 1. The van der Waals surface area contributed by atoms with E-state index in [0.717, 1.165) is 37.4 Å². The van der Waals surface area contributed by atoms with Crippen LogP contribution in [0, 0.1) is 5.92 Å². The summed E-state index contributed by atoms with van der Waals surface area (Å²) < 4.78 is 12.4. The molecule has 5 aliphatic rings.